The van der Waals surface area contributed by atoms with Gasteiger partial charge in [0.1, 0.15) is 5.75 Å². The average Bonchev–Trinajstić information content (AvgIpc) is 2.89. The van der Waals surface area contributed by atoms with Crippen LogP contribution in [0.5, 0.6) is 5.75 Å². The molecule has 0 bridgehead atoms. The van der Waals surface area contributed by atoms with Gasteiger partial charge in [-0.2, -0.15) is 10.2 Å². The van der Waals surface area contributed by atoms with Crippen LogP contribution >= 0.6 is 0 Å². The molecule has 0 aliphatic carbocycles. The SMILES string of the molecule is C=CCc1cccc(C=NNC(=O)c2cc(C)[nH]n2)c1O. The quantitative estimate of drug-likeness (QED) is 0.445. The second-order valence-corrected chi connectivity index (χ2v) is 4.48. The van der Waals surface area contributed by atoms with Crippen LogP contribution in [-0.4, -0.2) is 27.4 Å². The van der Waals surface area contributed by atoms with Crippen molar-refractivity contribution >= 4 is 12.1 Å². The Balaban J connectivity index is 2.06. The third-order valence-electron chi connectivity index (χ3n) is 2.82. The molecule has 1 aromatic heterocycles. The molecule has 0 saturated carbocycles. The number of aromatic hydroxyl groups is 1. The highest BCUT2D eigenvalue weighted by Gasteiger charge is 2.08. The van der Waals surface area contributed by atoms with Gasteiger partial charge in [-0.3, -0.25) is 9.89 Å². The van der Waals surface area contributed by atoms with Crippen molar-refractivity contribution in [2.24, 2.45) is 5.10 Å². The van der Waals surface area contributed by atoms with E-state index in [0.29, 0.717) is 12.0 Å². The van der Waals surface area contributed by atoms with Gasteiger partial charge in [-0.15, -0.1) is 6.58 Å². The fourth-order valence-electron chi connectivity index (χ4n) is 1.79. The molecule has 108 valence electrons. The zero-order chi connectivity index (χ0) is 15.2. The third-order valence-corrected chi connectivity index (χ3v) is 2.82. The highest BCUT2D eigenvalue weighted by Crippen LogP contribution is 2.21. The number of benzene rings is 1. The van der Waals surface area contributed by atoms with Crippen molar-refractivity contribution in [2.45, 2.75) is 13.3 Å². The zero-order valence-corrected chi connectivity index (χ0v) is 11.6. The fourth-order valence-corrected chi connectivity index (χ4v) is 1.79. The summed E-state index contributed by atoms with van der Waals surface area (Å²) in [4.78, 5) is 11.7. The number of aromatic amines is 1. The Morgan fingerprint density at radius 2 is 2.38 bits per heavy atom. The van der Waals surface area contributed by atoms with Crippen LogP contribution in [0, 0.1) is 6.92 Å². The maximum Gasteiger partial charge on any atom is 0.291 e. The number of phenolic OH excluding ortho intramolecular Hbond substituents is 1. The standard InChI is InChI=1S/C15H16N4O2/c1-3-5-11-6-4-7-12(14(11)20)9-16-19-15(21)13-8-10(2)17-18-13/h3-4,6-9,20H,1,5H2,2H3,(H,17,18)(H,19,21). The predicted octanol–water partition coefficient (Wildman–Crippen LogP) is 1.92. The van der Waals surface area contributed by atoms with Crippen LogP contribution in [0.1, 0.15) is 27.3 Å². The lowest BCUT2D eigenvalue weighted by Gasteiger charge is -2.04. The molecule has 1 amide bonds. The number of nitrogens with zero attached hydrogens (tertiary/aromatic N) is 2. The van der Waals surface area contributed by atoms with Gasteiger partial charge in [-0.05, 0) is 31.0 Å². The summed E-state index contributed by atoms with van der Waals surface area (Å²) in [6, 6.07) is 6.93. The molecule has 21 heavy (non-hydrogen) atoms. The molecule has 0 spiro atoms. The van der Waals surface area contributed by atoms with Gasteiger partial charge in [0.05, 0.1) is 6.21 Å². The van der Waals surface area contributed by atoms with Crippen molar-refractivity contribution < 1.29 is 9.90 Å². The Hall–Kier alpha value is -2.89. The molecule has 2 aromatic rings. The maximum atomic E-state index is 11.7. The van der Waals surface area contributed by atoms with E-state index in [4.69, 9.17) is 0 Å². The number of nitrogens with one attached hydrogen (secondary N) is 2. The summed E-state index contributed by atoms with van der Waals surface area (Å²) in [5.74, 6) is -0.289. The minimum absolute atomic E-state index is 0.131. The Kier molecular flexibility index (Phi) is 4.50. The van der Waals surface area contributed by atoms with Gasteiger partial charge in [-0.1, -0.05) is 18.2 Å². The van der Waals surface area contributed by atoms with Gasteiger partial charge in [0, 0.05) is 11.3 Å². The number of H-pyrrole nitrogens is 1. The minimum Gasteiger partial charge on any atom is -0.507 e. The van der Waals surface area contributed by atoms with Gasteiger partial charge < -0.3 is 5.11 Å². The monoisotopic (exact) mass is 284 g/mol. The topological polar surface area (TPSA) is 90.4 Å². The molecule has 6 heteroatoms. The number of rotatable bonds is 5. The number of carbonyl (C=O) groups is 1. The number of phenols is 1. The van der Waals surface area contributed by atoms with Crippen LogP contribution in [-0.2, 0) is 6.42 Å². The fraction of sp³-hybridized carbons (Fsp3) is 0.133. The average molecular weight is 284 g/mol. The number of hydrazone groups is 1. The highest BCUT2D eigenvalue weighted by atomic mass is 16.3. The van der Waals surface area contributed by atoms with Crippen molar-refractivity contribution in [1.82, 2.24) is 15.6 Å². The Bertz CT molecular complexity index is 689. The van der Waals surface area contributed by atoms with Crippen molar-refractivity contribution in [3.05, 3.63) is 59.4 Å². The molecule has 0 atom stereocenters. The predicted molar refractivity (Wildman–Crippen MR) is 80.4 cm³/mol. The molecule has 1 heterocycles. The molecule has 3 N–H and O–H groups in total. The number of aromatic nitrogens is 2. The van der Waals surface area contributed by atoms with Crippen molar-refractivity contribution in [3.8, 4) is 5.75 Å². The second kappa shape index (κ2) is 6.51. The van der Waals surface area contributed by atoms with Gasteiger partial charge in [0.15, 0.2) is 5.69 Å². The zero-order valence-electron chi connectivity index (χ0n) is 11.6. The Labute approximate surface area is 122 Å². The van der Waals surface area contributed by atoms with Gasteiger partial charge in [-0.25, -0.2) is 5.43 Å². The molecule has 0 unspecified atom stereocenters. The number of hydrogen-bond donors (Lipinski definition) is 3. The van der Waals surface area contributed by atoms with Crippen molar-refractivity contribution in [3.63, 3.8) is 0 Å². The van der Waals surface area contributed by atoms with Crippen LogP contribution in [0.15, 0.2) is 42.0 Å². The smallest absolute Gasteiger partial charge is 0.291 e. The van der Waals surface area contributed by atoms with E-state index in [-0.39, 0.29) is 11.4 Å². The van der Waals surface area contributed by atoms with Crippen LogP contribution in [0.4, 0.5) is 0 Å². The molecule has 0 radical (unpaired) electrons. The van der Waals surface area contributed by atoms with Crippen LogP contribution < -0.4 is 5.43 Å². The van der Waals surface area contributed by atoms with Crippen LogP contribution in [0.2, 0.25) is 0 Å². The molecule has 0 aliphatic rings. The number of carbonyl (C=O) groups excluding carboxylic acids is 1. The summed E-state index contributed by atoms with van der Waals surface area (Å²) in [6.45, 7) is 5.44. The summed E-state index contributed by atoms with van der Waals surface area (Å²) in [7, 11) is 0. The number of amides is 1. The van der Waals surface area contributed by atoms with Gasteiger partial charge >= 0.3 is 0 Å². The van der Waals surface area contributed by atoms with Crippen molar-refractivity contribution in [1.29, 1.82) is 0 Å². The van der Waals surface area contributed by atoms with E-state index >= 15 is 0 Å². The first-order valence-electron chi connectivity index (χ1n) is 6.39. The molecule has 0 saturated heterocycles. The lowest BCUT2D eigenvalue weighted by atomic mass is 10.1. The summed E-state index contributed by atoms with van der Waals surface area (Å²) in [6.07, 6.45) is 3.66. The van der Waals surface area contributed by atoms with Crippen LogP contribution in [0.3, 0.4) is 0 Å². The Morgan fingerprint density at radius 1 is 1.57 bits per heavy atom. The summed E-state index contributed by atoms with van der Waals surface area (Å²) in [5.41, 5.74) is 4.68. The molecular formula is C15H16N4O2. The largest absolute Gasteiger partial charge is 0.507 e. The van der Waals surface area contributed by atoms with Gasteiger partial charge in [0.25, 0.3) is 5.91 Å². The molecular weight excluding hydrogens is 268 g/mol. The van der Waals surface area contributed by atoms with E-state index in [1.165, 1.54) is 6.21 Å². The molecule has 0 aliphatic heterocycles. The number of allylic oxidation sites excluding steroid dienone is 1. The lowest BCUT2D eigenvalue weighted by Crippen LogP contribution is -2.18. The summed E-state index contributed by atoms with van der Waals surface area (Å²) >= 11 is 0. The molecule has 6 nitrogen and oxygen atoms in total. The van der Waals surface area contributed by atoms with E-state index in [1.54, 1.807) is 37.3 Å². The van der Waals surface area contributed by atoms with E-state index in [2.05, 4.69) is 27.3 Å². The summed E-state index contributed by atoms with van der Waals surface area (Å²) < 4.78 is 0. The lowest BCUT2D eigenvalue weighted by molar-refractivity contribution is 0.0950. The van der Waals surface area contributed by atoms with E-state index < -0.39 is 5.91 Å². The number of hydrogen-bond acceptors (Lipinski definition) is 4. The highest BCUT2D eigenvalue weighted by molar-refractivity contribution is 5.93. The molecule has 2 rings (SSSR count). The molecule has 1 aromatic carbocycles. The van der Waals surface area contributed by atoms with Crippen molar-refractivity contribution in [2.75, 3.05) is 0 Å². The van der Waals surface area contributed by atoms with E-state index in [9.17, 15) is 9.90 Å². The summed E-state index contributed by atoms with van der Waals surface area (Å²) in [5, 5.41) is 20.4. The first kappa shape index (κ1) is 14.5. The Morgan fingerprint density at radius 3 is 3.05 bits per heavy atom. The second-order valence-electron chi connectivity index (χ2n) is 4.48. The third kappa shape index (κ3) is 3.56. The normalized spacial score (nSPS) is 10.7. The van der Waals surface area contributed by atoms with Crippen LogP contribution in [0.25, 0.3) is 0 Å². The minimum atomic E-state index is -0.419. The first-order valence-corrected chi connectivity index (χ1v) is 6.39. The van der Waals surface area contributed by atoms with Gasteiger partial charge in [0.2, 0.25) is 0 Å². The number of aryl methyl sites for hydroxylation is 1. The van der Waals surface area contributed by atoms with E-state index in [1.807, 2.05) is 0 Å². The molecule has 0 fully saturated rings. The number of para-hydroxylation sites is 1. The first-order chi connectivity index (χ1) is 10.1. The maximum absolute atomic E-state index is 11.7. The van der Waals surface area contributed by atoms with E-state index in [0.717, 1.165) is 11.3 Å².